The first-order valence-corrected chi connectivity index (χ1v) is 10.6. The molecule has 3 rings (SSSR count). The molecule has 156 valence electrons. The lowest BCUT2D eigenvalue weighted by Gasteiger charge is -2.23. The molecule has 0 unspecified atom stereocenters. The molecular formula is C26H30N2O2. The molecule has 0 bridgehead atoms. The summed E-state index contributed by atoms with van der Waals surface area (Å²) >= 11 is 0. The van der Waals surface area contributed by atoms with Crippen LogP contribution < -0.4 is 4.74 Å². The van der Waals surface area contributed by atoms with E-state index in [1.54, 1.807) is 6.20 Å². The number of nitrogens with zero attached hydrogens (tertiary/aromatic N) is 2. The maximum atomic E-state index is 13.2. The Kier molecular flexibility index (Phi) is 8.02. The van der Waals surface area contributed by atoms with E-state index < -0.39 is 0 Å². The number of aryl methyl sites for hydroxylation is 2. The summed E-state index contributed by atoms with van der Waals surface area (Å²) in [6, 6.07) is 20.4. The van der Waals surface area contributed by atoms with Crippen LogP contribution in [0.4, 0.5) is 0 Å². The van der Waals surface area contributed by atoms with Gasteiger partial charge in [0.15, 0.2) is 0 Å². The first kappa shape index (κ1) is 21.6. The summed E-state index contributed by atoms with van der Waals surface area (Å²) in [4.78, 5) is 19.3. The van der Waals surface area contributed by atoms with Crippen LogP contribution in [-0.4, -0.2) is 22.4 Å². The minimum Gasteiger partial charge on any atom is -0.494 e. The maximum absolute atomic E-state index is 13.2. The van der Waals surface area contributed by atoms with E-state index in [9.17, 15) is 4.79 Å². The van der Waals surface area contributed by atoms with Crippen LogP contribution >= 0.6 is 0 Å². The number of amides is 1. The maximum Gasteiger partial charge on any atom is 0.223 e. The van der Waals surface area contributed by atoms with Gasteiger partial charge in [0, 0.05) is 31.9 Å². The van der Waals surface area contributed by atoms with Crippen molar-refractivity contribution in [2.75, 3.05) is 6.61 Å². The SMILES string of the molecule is CCOc1ccccc1CCC(=O)N(Cc1ccc(CC)cc1)Cc1cccnc1. The molecule has 30 heavy (non-hydrogen) atoms. The molecule has 0 saturated carbocycles. The Labute approximate surface area is 179 Å². The molecule has 0 aliphatic heterocycles. The predicted octanol–water partition coefficient (Wildman–Crippen LogP) is 5.20. The van der Waals surface area contributed by atoms with Crippen molar-refractivity contribution in [3.05, 3.63) is 95.3 Å². The fourth-order valence-electron chi connectivity index (χ4n) is 3.45. The lowest BCUT2D eigenvalue weighted by atomic mass is 10.1. The number of ether oxygens (including phenoxy) is 1. The Hall–Kier alpha value is -3.14. The van der Waals surface area contributed by atoms with Crippen molar-refractivity contribution in [2.24, 2.45) is 0 Å². The van der Waals surface area contributed by atoms with Crippen LogP contribution in [-0.2, 0) is 30.7 Å². The van der Waals surface area contributed by atoms with Crippen LogP contribution in [0.2, 0.25) is 0 Å². The van der Waals surface area contributed by atoms with Gasteiger partial charge in [0.05, 0.1) is 6.61 Å². The minimum atomic E-state index is 0.129. The van der Waals surface area contributed by atoms with Crippen molar-refractivity contribution in [2.45, 2.75) is 46.2 Å². The van der Waals surface area contributed by atoms with Gasteiger partial charge >= 0.3 is 0 Å². The second-order valence-electron chi connectivity index (χ2n) is 7.32. The van der Waals surface area contributed by atoms with Crippen molar-refractivity contribution in [1.82, 2.24) is 9.88 Å². The van der Waals surface area contributed by atoms with Crippen molar-refractivity contribution >= 4 is 5.91 Å². The van der Waals surface area contributed by atoms with Gasteiger partial charge < -0.3 is 9.64 Å². The van der Waals surface area contributed by atoms with E-state index in [1.165, 1.54) is 5.56 Å². The number of benzene rings is 2. The number of para-hydroxylation sites is 1. The summed E-state index contributed by atoms with van der Waals surface area (Å²) in [6.45, 7) is 5.88. The molecule has 0 aliphatic rings. The molecule has 2 aromatic carbocycles. The van der Waals surface area contributed by atoms with Crippen molar-refractivity contribution < 1.29 is 9.53 Å². The predicted molar refractivity (Wildman–Crippen MR) is 120 cm³/mol. The summed E-state index contributed by atoms with van der Waals surface area (Å²) < 4.78 is 5.71. The molecule has 0 N–H and O–H groups in total. The van der Waals surface area contributed by atoms with Crippen molar-refractivity contribution in [3.63, 3.8) is 0 Å². The van der Waals surface area contributed by atoms with Gasteiger partial charge in [-0.1, -0.05) is 55.5 Å². The van der Waals surface area contributed by atoms with Gasteiger partial charge in [-0.05, 0) is 54.2 Å². The summed E-state index contributed by atoms with van der Waals surface area (Å²) in [5.41, 5.74) is 4.54. The summed E-state index contributed by atoms with van der Waals surface area (Å²) in [5.74, 6) is 0.992. The zero-order valence-corrected chi connectivity index (χ0v) is 17.9. The second kappa shape index (κ2) is 11.1. The zero-order chi connectivity index (χ0) is 21.2. The van der Waals surface area contributed by atoms with E-state index >= 15 is 0 Å². The Morgan fingerprint density at radius 3 is 2.33 bits per heavy atom. The molecule has 0 fully saturated rings. The van der Waals surface area contributed by atoms with Crippen LogP contribution in [0.25, 0.3) is 0 Å². The van der Waals surface area contributed by atoms with Gasteiger partial charge in [0.2, 0.25) is 5.91 Å². The molecule has 4 heteroatoms. The van der Waals surface area contributed by atoms with Gasteiger partial charge in [0.25, 0.3) is 0 Å². The van der Waals surface area contributed by atoms with Crippen LogP contribution in [0.5, 0.6) is 5.75 Å². The topological polar surface area (TPSA) is 42.4 Å². The standard InChI is InChI=1S/C26H30N2O2/c1-3-21-11-13-22(14-12-21)19-28(20-23-8-7-17-27-18-23)26(29)16-15-24-9-5-6-10-25(24)30-4-2/h5-14,17-18H,3-4,15-16,19-20H2,1-2H3. The highest BCUT2D eigenvalue weighted by atomic mass is 16.5. The monoisotopic (exact) mass is 402 g/mol. The smallest absolute Gasteiger partial charge is 0.223 e. The average Bonchev–Trinajstić information content (AvgIpc) is 2.79. The van der Waals surface area contributed by atoms with Gasteiger partial charge in [-0.25, -0.2) is 0 Å². The molecule has 0 spiro atoms. The van der Waals surface area contributed by atoms with Gasteiger partial charge in [0.1, 0.15) is 5.75 Å². The molecule has 3 aromatic rings. The van der Waals surface area contributed by atoms with E-state index in [1.807, 2.05) is 54.4 Å². The van der Waals surface area contributed by atoms with E-state index in [-0.39, 0.29) is 5.91 Å². The molecule has 1 heterocycles. The normalized spacial score (nSPS) is 10.6. The number of hydrogen-bond donors (Lipinski definition) is 0. The van der Waals surface area contributed by atoms with Gasteiger partial charge in [-0.15, -0.1) is 0 Å². The second-order valence-corrected chi connectivity index (χ2v) is 7.32. The highest BCUT2D eigenvalue weighted by Gasteiger charge is 2.16. The fraction of sp³-hybridized carbons (Fsp3) is 0.308. The number of aromatic nitrogens is 1. The van der Waals surface area contributed by atoms with Gasteiger partial charge in [-0.3, -0.25) is 9.78 Å². The highest BCUT2D eigenvalue weighted by Crippen LogP contribution is 2.21. The minimum absolute atomic E-state index is 0.129. The fourth-order valence-corrected chi connectivity index (χ4v) is 3.45. The first-order valence-electron chi connectivity index (χ1n) is 10.6. The molecular weight excluding hydrogens is 372 g/mol. The van der Waals surface area contributed by atoms with E-state index in [2.05, 4.69) is 36.2 Å². The lowest BCUT2D eigenvalue weighted by Crippen LogP contribution is -2.30. The molecule has 0 aliphatic carbocycles. The van der Waals surface area contributed by atoms with E-state index in [0.717, 1.165) is 28.9 Å². The van der Waals surface area contributed by atoms with Crippen molar-refractivity contribution in [1.29, 1.82) is 0 Å². The molecule has 1 amide bonds. The molecule has 0 saturated heterocycles. The Morgan fingerprint density at radius 2 is 1.63 bits per heavy atom. The number of hydrogen-bond acceptors (Lipinski definition) is 3. The van der Waals surface area contributed by atoms with Crippen LogP contribution in [0, 0.1) is 0 Å². The largest absolute Gasteiger partial charge is 0.494 e. The third-order valence-corrected chi connectivity index (χ3v) is 5.13. The quantitative estimate of drug-likeness (QED) is 0.468. The lowest BCUT2D eigenvalue weighted by molar-refractivity contribution is -0.132. The number of carbonyl (C=O) groups is 1. The van der Waals surface area contributed by atoms with E-state index in [0.29, 0.717) is 32.5 Å². The molecule has 1 aromatic heterocycles. The third-order valence-electron chi connectivity index (χ3n) is 5.13. The molecule has 0 atom stereocenters. The van der Waals surface area contributed by atoms with Crippen molar-refractivity contribution in [3.8, 4) is 5.75 Å². The average molecular weight is 403 g/mol. The number of pyridine rings is 1. The van der Waals surface area contributed by atoms with Crippen LogP contribution in [0.15, 0.2) is 73.1 Å². The Balaban J connectivity index is 1.72. The van der Waals surface area contributed by atoms with E-state index in [4.69, 9.17) is 4.74 Å². The highest BCUT2D eigenvalue weighted by molar-refractivity contribution is 5.76. The first-order chi connectivity index (χ1) is 14.7. The number of rotatable bonds is 10. The Morgan fingerprint density at radius 1 is 0.900 bits per heavy atom. The summed E-state index contributed by atoms with van der Waals surface area (Å²) in [6.07, 6.45) is 5.69. The molecule has 0 radical (unpaired) electrons. The summed E-state index contributed by atoms with van der Waals surface area (Å²) in [5, 5.41) is 0. The summed E-state index contributed by atoms with van der Waals surface area (Å²) in [7, 11) is 0. The number of carbonyl (C=O) groups excluding carboxylic acids is 1. The Bertz CT molecular complexity index is 923. The van der Waals surface area contributed by atoms with Crippen LogP contribution in [0.1, 0.15) is 42.5 Å². The van der Waals surface area contributed by atoms with Gasteiger partial charge in [-0.2, -0.15) is 0 Å². The zero-order valence-electron chi connectivity index (χ0n) is 17.9. The molecule has 4 nitrogen and oxygen atoms in total. The third kappa shape index (κ3) is 6.18. The van der Waals surface area contributed by atoms with Crippen LogP contribution in [0.3, 0.4) is 0 Å².